The number of aliphatic hydroxyl groups is 1. The maximum absolute atomic E-state index is 13.1. The average Bonchev–Trinajstić information content (AvgIpc) is 2.37. The Hall–Kier alpha value is -2.09. The Balaban J connectivity index is 3.15. The van der Waals surface area contributed by atoms with Crippen LogP contribution in [0.2, 0.25) is 0 Å². The van der Waals surface area contributed by atoms with Gasteiger partial charge in [0.05, 0.1) is 23.6 Å². The van der Waals surface area contributed by atoms with Crippen LogP contribution < -0.4 is 5.32 Å². The summed E-state index contributed by atoms with van der Waals surface area (Å²) < 4.78 is 26.1. The van der Waals surface area contributed by atoms with E-state index in [1.165, 1.54) is 0 Å². The summed E-state index contributed by atoms with van der Waals surface area (Å²) in [6.45, 7) is 3.07. The highest BCUT2D eigenvalue weighted by Crippen LogP contribution is 2.22. The molecular weight excluding hydrogens is 274 g/mol. The second-order valence-electron chi connectivity index (χ2n) is 4.55. The molecule has 0 saturated carbocycles. The van der Waals surface area contributed by atoms with E-state index in [0.717, 1.165) is 0 Å². The van der Waals surface area contributed by atoms with Crippen molar-refractivity contribution in [3.05, 3.63) is 39.4 Å². The summed E-state index contributed by atoms with van der Waals surface area (Å²) in [5.74, 6) is -3.83. The predicted molar refractivity (Wildman–Crippen MR) is 66.2 cm³/mol. The van der Waals surface area contributed by atoms with Crippen LogP contribution in [0, 0.1) is 27.7 Å². The lowest BCUT2D eigenvalue weighted by atomic mass is 10.0. The van der Waals surface area contributed by atoms with Gasteiger partial charge in [0.2, 0.25) is 0 Å². The number of hydrogen-bond acceptors (Lipinski definition) is 4. The van der Waals surface area contributed by atoms with Gasteiger partial charge in [-0.3, -0.25) is 14.9 Å². The Morgan fingerprint density at radius 1 is 1.40 bits per heavy atom. The first-order valence-electron chi connectivity index (χ1n) is 5.83. The van der Waals surface area contributed by atoms with Crippen LogP contribution in [0.25, 0.3) is 0 Å². The second kappa shape index (κ2) is 6.38. The smallest absolute Gasteiger partial charge is 0.285 e. The van der Waals surface area contributed by atoms with E-state index < -0.39 is 39.8 Å². The third-order valence-corrected chi connectivity index (χ3v) is 2.80. The van der Waals surface area contributed by atoms with Crippen molar-refractivity contribution in [2.24, 2.45) is 5.92 Å². The molecule has 20 heavy (non-hydrogen) atoms. The van der Waals surface area contributed by atoms with E-state index in [1.54, 1.807) is 13.8 Å². The van der Waals surface area contributed by atoms with Crippen LogP contribution in [-0.2, 0) is 0 Å². The van der Waals surface area contributed by atoms with E-state index in [4.69, 9.17) is 5.11 Å². The third kappa shape index (κ3) is 3.47. The fraction of sp³-hybridized carbons (Fsp3) is 0.417. The van der Waals surface area contributed by atoms with Gasteiger partial charge in [-0.05, 0) is 12.0 Å². The van der Waals surface area contributed by atoms with Gasteiger partial charge in [-0.15, -0.1) is 0 Å². The van der Waals surface area contributed by atoms with Crippen LogP contribution in [0.5, 0.6) is 0 Å². The summed E-state index contributed by atoms with van der Waals surface area (Å²) in [4.78, 5) is 21.7. The van der Waals surface area contributed by atoms with Crippen molar-refractivity contribution in [2.75, 3.05) is 6.61 Å². The highest BCUT2D eigenvalue weighted by atomic mass is 19.2. The monoisotopic (exact) mass is 288 g/mol. The van der Waals surface area contributed by atoms with Crippen molar-refractivity contribution in [2.45, 2.75) is 19.9 Å². The zero-order chi connectivity index (χ0) is 15.4. The summed E-state index contributed by atoms with van der Waals surface area (Å²) in [7, 11) is 0. The molecule has 0 radical (unpaired) electrons. The molecule has 0 aliphatic heterocycles. The maximum Gasteiger partial charge on any atom is 0.285 e. The number of aliphatic hydroxyl groups excluding tert-OH is 1. The van der Waals surface area contributed by atoms with Gasteiger partial charge >= 0.3 is 0 Å². The van der Waals surface area contributed by atoms with E-state index in [-0.39, 0.29) is 12.5 Å². The zero-order valence-corrected chi connectivity index (χ0v) is 10.9. The number of rotatable bonds is 5. The lowest BCUT2D eigenvalue weighted by molar-refractivity contribution is -0.385. The Morgan fingerprint density at radius 2 is 1.95 bits per heavy atom. The van der Waals surface area contributed by atoms with Crippen molar-refractivity contribution in [1.82, 2.24) is 5.32 Å². The van der Waals surface area contributed by atoms with Gasteiger partial charge in [0.1, 0.15) is 5.56 Å². The molecule has 0 saturated heterocycles. The number of nitrogens with zero attached hydrogens (tertiary/aromatic N) is 1. The number of hydrogen-bond donors (Lipinski definition) is 2. The van der Waals surface area contributed by atoms with Gasteiger partial charge in [-0.25, -0.2) is 8.78 Å². The molecule has 0 aromatic heterocycles. The van der Waals surface area contributed by atoms with Gasteiger partial charge in [-0.1, -0.05) is 13.8 Å². The van der Waals surface area contributed by atoms with Gasteiger partial charge in [0.15, 0.2) is 11.6 Å². The minimum absolute atomic E-state index is 0.131. The lowest BCUT2D eigenvalue weighted by Gasteiger charge is -2.19. The SMILES string of the molecule is CC(C)[C@@H](CO)NC(=O)c1cc(F)c(F)cc1[N+](=O)[O-]. The molecule has 2 N–H and O–H groups in total. The zero-order valence-electron chi connectivity index (χ0n) is 10.9. The fourth-order valence-corrected chi connectivity index (χ4v) is 1.54. The Kier molecular flexibility index (Phi) is 5.09. The first-order valence-corrected chi connectivity index (χ1v) is 5.83. The van der Waals surface area contributed by atoms with Gasteiger partial charge in [0, 0.05) is 0 Å². The minimum Gasteiger partial charge on any atom is -0.394 e. The molecule has 1 rings (SSSR count). The highest BCUT2D eigenvalue weighted by Gasteiger charge is 2.26. The van der Waals surface area contributed by atoms with Crippen molar-refractivity contribution in [1.29, 1.82) is 0 Å². The molecular formula is C12H14F2N2O4. The van der Waals surface area contributed by atoms with Crippen molar-refractivity contribution >= 4 is 11.6 Å². The third-order valence-electron chi connectivity index (χ3n) is 2.80. The molecule has 0 aliphatic rings. The minimum atomic E-state index is -1.41. The molecule has 6 nitrogen and oxygen atoms in total. The van der Waals surface area contributed by atoms with Crippen molar-refractivity contribution in [3.63, 3.8) is 0 Å². The van der Waals surface area contributed by atoms with Gasteiger partial charge in [-0.2, -0.15) is 0 Å². The maximum atomic E-state index is 13.1. The molecule has 0 spiro atoms. The molecule has 110 valence electrons. The topological polar surface area (TPSA) is 92.5 Å². The number of nitro benzene ring substituents is 1. The lowest BCUT2D eigenvalue weighted by Crippen LogP contribution is -2.41. The van der Waals surface area contributed by atoms with Crippen LogP contribution in [0.1, 0.15) is 24.2 Å². The van der Waals surface area contributed by atoms with Gasteiger partial charge < -0.3 is 10.4 Å². The van der Waals surface area contributed by atoms with Gasteiger partial charge in [0.25, 0.3) is 11.6 Å². The highest BCUT2D eigenvalue weighted by molar-refractivity contribution is 5.98. The summed E-state index contributed by atoms with van der Waals surface area (Å²) >= 11 is 0. The Labute approximate surface area is 113 Å². The summed E-state index contributed by atoms with van der Waals surface area (Å²) in [6.07, 6.45) is 0. The molecule has 0 fully saturated rings. The molecule has 0 aliphatic carbocycles. The van der Waals surface area contributed by atoms with Crippen LogP contribution in [0.15, 0.2) is 12.1 Å². The second-order valence-corrected chi connectivity index (χ2v) is 4.55. The van der Waals surface area contributed by atoms with E-state index >= 15 is 0 Å². The number of carbonyl (C=O) groups is 1. The van der Waals surface area contributed by atoms with E-state index in [1.807, 2.05) is 0 Å². The summed E-state index contributed by atoms with van der Waals surface area (Å²) in [5, 5.41) is 22.2. The number of amides is 1. The molecule has 0 unspecified atom stereocenters. The number of nitro groups is 1. The van der Waals surface area contributed by atoms with E-state index in [0.29, 0.717) is 12.1 Å². The molecule has 1 atom stereocenters. The quantitative estimate of drug-likeness (QED) is 0.636. The largest absolute Gasteiger partial charge is 0.394 e. The van der Waals surface area contributed by atoms with Crippen LogP contribution in [0.3, 0.4) is 0 Å². The number of nitrogens with one attached hydrogen (secondary N) is 1. The standard InChI is InChI=1S/C12H14F2N2O4/c1-6(2)10(5-17)15-12(18)7-3-8(13)9(14)4-11(7)16(19)20/h3-4,6,10,17H,5H2,1-2H3,(H,15,18)/t10-/m1/s1. The van der Waals surface area contributed by atoms with Crippen molar-refractivity contribution in [3.8, 4) is 0 Å². The summed E-state index contributed by atoms with van der Waals surface area (Å²) in [6, 6.07) is 0.181. The Morgan fingerprint density at radius 3 is 2.40 bits per heavy atom. The predicted octanol–water partition coefficient (Wildman–Crippen LogP) is 1.62. The van der Waals surface area contributed by atoms with E-state index in [2.05, 4.69) is 5.32 Å². The normalized spacial score (nSPS) is 12.3. The first kappa shape index (κ1) is 16.0. The molecule has 1 aromatic rings. The molecule has 0 heterocycles. The van der Waals surface area contributed by atoms with Crippen LogP contribution in [-0.4, -0.2) is 28.6 Å². The van der Waals surface area contributed by atoms with Crippen molar-refractivity contribution < 1.29 is 23.6 Å². The first-order chi connectivity index (χ1) is 9.27. The molecule has 0 bridgehead atoms. The number of halogens is 2. The fourth-order valence-electron chi connectivity index (χ4n) is 1.54. The molecule has 8 heteroatoms. The number of carbonyl (C=O) groups excluding carboxylic acids is 1. The summed E-state index contributed by atoms with van der Waals surface area (Å²) in [5.41, 5.74) is -1.42. The molecule has 1 amide bonds. The average molecular weight is 288 g/mol. The molecule has 1 aromatic carbocycles. The van der Waals surface area contributed by atoms with E-state index in [9.17, 15) is 23.7 Å². The Bertz CT molecular complexity index is 534. The van der Waals surface area contributed by atoms with Crippen LogP contribution >= 0.6 is 0 Å². The van der Waals surface area contributed by atoms with Crippen LogP contribution in [0.4, 0.5) is 14.5 Å². The number of benzene rings is 1.